The van der Waals surface area contributed by atoms with Gasteiger partial charge in [0.25, 0.3) is 0 Å². The lowest BCUT2D eigenvalue weighted by molar-refractivity contribution is -0.158. The maximum Gasteiger partial charge on any atom is 0.313 e. The summed E-state index contributed by atoms with van der Waals surface area (Å²) in [5.74, 6) is -1.64. The van der Waals surface area contributed by atoms with E-state index >= 15 is 0 Å². The lowest BCUT2D eigenvalue weighted by atomic mass is 10.1. The van der Waals surface area contributed by atoms with Crippen LogP contribution in [0.5, 0.6) is 0 Å². The van der Waals surface area contributed by atoms with Crippen LogP contribution in [-0.2, 0) is 19.1 Å². The molecular weight excluding hydrogens is 368 g/mol. The van der Waals surface area contributed by atoms with Crippen LogP contribution < -0.4 is 0 Å². The number of carboxylic acid groups (broad SMARTS) is 1. The molecule has 5 nitrogen and oxygen atoms in total. The molecule has 0 fully saturated rings. The third kappa shape index (κ3) is 31.0. The Bertz CT molecular complexity index is 466. The Labute approximate surface area is 177 Å². The highest BCUT2D eigenvalue weighted by atomic mass is 16.6. The predicted molar refractivity (Wildman–Crippen MR) is 119 cm³/mol. The second kappa shape index (κ2) is 24.1. The Kier molecular flexibility index (Phi) is 24.4. The summed E-state index contributed by atoms with van der Waals surface area (Å²) in [4.78, 5) is 30.8. The van der Waals surface area contributed by atoms with Crippen molar-refractivity contribution < 1.29 is 24.2 Å². The van der Waals surface area contributed by atoms with Gasteiger partial charge in [0.05, 0.1) is 0 Å². The zero-order valence-corrected chi connectivity index (χ0v) is 18.8. The zero-order chi connectivity index (χ0) is 22.2. The van der Waals surface area contributed by atoms with E-state index in [2.05, 4.69) is 36.0 Å². The summed E-state index contributed by atoms with van der Waals surface area (Å²) < 4.78 is 4.21. The molecule has 0 heterocycles. The van der Waals surface area contributed by atoms with Crippen LogP contribution in [0.25, 0.3) is 0 Å². The average Bonchev–Trinajstić information content (AvgIpc) is 2.65. The molecule has 0 atom stereocenters. The standard InChI is InChI=1S/C18H32O2.C6H10O3/c1-2-3-4-5-6-7-8-9-10-11-12-13-14-15-16-17-18(19)20;1-3-4-6(8)9-5(2)7/h6-7,9-10H,2-5,8,11-17H2,1H3,(H,19,20);3-4H2,1-2H3/b7-6-,10-9-;. The summed E-state index contributed by atoms with van der Waals surface area (Å²) in [6.07, 6.45) is 23.3. The van der Waals surface area contributed by atoms with Crippen LogP contribution in [0, 0.1) is 0 Å². The first-order valence-electron chi connectivity index (χ1n) is 11.2. The van der Waals surface area contributed by atoms with Gasteiger partial charge in [0.2, 0.25) is 0 Å². The molecule has 5 heteroatoms. The molecule has 0 aromatic heterocycles. The van der Waals surface area contributed by atoms with Gasteiger partial charge < -0.3 is 9.84 Å². The quantitative estimate of drug-likeness (QED) is 0.132. The summed E-state index contributed by atoms with van der Waals surface area (Å²) in [5, 5.41) is 8.50. The van der Waals surface area contributed by atoms with Gasteiger partial charge in [0.1, 0.15) is 0 Å². The lowest BCUT2D eigenvalue weighted by Crippen LogP contribution is -2.07. The first-order valence-corrected chi connectivity index (χ1v) is 11.2. The third-order valence-corrected chi connectivity index (χ3v) is 4.05. The van der Waals surface area contributed by atoms with E-state index < -0.39 is 17.9 Å². The van der Waals surface area contributed by atoms with Crippen LogP contribution in [0.1, 0.15) is 111 Å². The molecule has 0 aromatic carbocycles. The van der Waals surface area contributed by atoms with E-state index in [1.807, 2.05) is 6.92 Å². The topological polar surface area (TPSA) is 80.7 Å². The van der Waals surface area contributed by atoms with Crippen LogP contribution in [0.2, 0.25) is 0 Å². The molecule has 0 aliphatic heterocycles. The van der Waals surface area contributed by atoms with Crippen LogP contribution in [0.3, 0.4) is 0 Å². The molecule has 0 bridgehead atoms. The summed E-state index contributed by atoms with van der Waals surface area (Å²) in [6.45, 7) is 5.30. The normalized spacial score (nSPS) is 10.7. The van der Waals surface area contributed by atoms with E-state index in [4.69, 9.17) is 5.11 Å². The van der Waals surface area contributed by atoms with E-state index in [9.17, 15) is 14.4 Å². The molecule has 0 unspecified atom stereocenters. The van der Waals surface area contributed by atoms with Gasteiger partial charge in [-0.1, -0.05) is 70.3 Å². The van der Waals surface area contributed by atoms with Crippen molar-refractivity contribution in [3.63, 3.8) is 0 Å². The van der Waals surface area contributed by atoms with Crippen molar-refractivity contribution in [2.75, 3.05) is 0 Å². The summed E-state index contributed by atoms with van der Waals surface area (Å²) in [6, 6.07) is 0. The monoisotopic (exact) mass is 410 g/mol. The number of carbonyl (C=O) groups excluding carboxylic acids is 2. The van der Waals surface area contributed by atoms with E-state index in [-0.39, 0.29) is 0 Å². The van der Waals surface area contributed by atoms with Crippen molar-refractivity contribution in [1.29, 1.82) is 0 Å². The van der Waals surface area contributed by atoms with Crippen molar-refractivity contribution in [3.05, 3.63) is 24.3 Å². The van der Waals surface area contributed by atoms with Gasteiger partial charge in [-0.3, -0.25) is 14.4 Å². The molecule has 0 radical (unpaired) electrons. The minimum atomic E-state index is -0.671. The second-order valence-electron chi connectivity index (χ2n) is 7.09. The lowest BCUT2D eigenvalue weighted by Gasteiger charge is -1.98. The van der Waals surface area contributed by atoms with Crippen molar-refractivity contribution in [2.24, 2.45) is 0 Å². The minimum Gasteiger partial charge on any atom is -0.481 e. The summed E-state index contributed by atoms with van der Waals surface area (Å²) in [7, 11) is 0. The molecule has 168 valence electrons. The highest BCUT2D eigenvalue weighted by Gasteiger charge is 2.02. The number of ether oxygens (including phenoxy) is 1. The van der Waals surface area contributed by atoms with Gasteiger partial charge >= 0.3 is 17.9 Å². The minimum absolute atomic E-state index is 0.319. The van der Waals surface area contributed by atoms with Gasteiger partial charge in [-0.05, 0) is 44.9 Å². The Morgan fingerprint density at radius 1 is 0.724 bits per heavy atom. The fourth-order valence-corrected chi connectivity index (χ4v) is 2.50. The van der Waals surface area contributed by atoms with Crippen molar-refractivity contribution in [1.82, 2.24) is 0 Å². The Balaban J connectivity index is 0. The SMILES string of the molecule is CCCC(=O)OC(C)=O.CCCCC/C=C\C/C=C\CCCCCCCC(=O)O. The highest BCUT2D eigenvalue weighted by molar-refractivity contribution is 5.83. The molecule has 0 aliphatic rings. The Morgan fingerprint density at radius 3 is 1.79 bits per heavy atom. The molecule has 0 rings (SSSR count). The number of unbranched alkanes of at least 4 members (excludes halogenated alkanes) is 8. The summed E-state index contributed by atoms with van der Waals surface area (Å²) in [5.41, 5.74) is 0. The molecular formula is C24H42O5. The van der Waals surface area contributed by atoms with E-state index in [1.54, 1.807) is 0 Å². The number of hydrogen-bond donors (Lipinski definition) is 1. The number of hydrogen-bond acceptors (Lipinski definition) is 4. The van der Waals surface area contributed by atoms with Gasteiger partial charge in [-0.2, -0.15) is 0 Å². The number of rotatable bonds is 16. The smallest absolute Gasteiger partial charge is 0.313 e. The van der Waals surface area contributed by atoms with Crippen LogP contribution in [-0.4, -0.2) is 23.0 Å². The molecule has 0 spiro atoms. The van der Waals surface area contributed by atoms with E-state index in [0.717, 1.165) is 25.7 Å². The molecule has 0 amide bonds. The second-order valence-corrected chi connectivity index (χ2v) is 7.09. The number of carbonyl (C=O) groups is 3. The Hall–Kier alpha value is -1.91. The molecule has 0 saturated carbocycles. The molecule has 1 N–H and O–H groups in total. The maximum absolute atomic E-state index is 10.4. The van der Waals surface area contributed by atoms with Gasteiger partial charge in [0.15, 0.2) is 0 Å². The third-order valence-electron chi connectivity index (χ3n) is 4.05. The Morgan fingerprint density at radius 2 is 1.28 bits per heavy atom. The van der Waals surface area contributed by atoms with Gasteiger partial charge in [-0.15, -0.1) is 0 Å². The van der Waals surface area contributed by atoms with E-state index in [0.29, 0.717) is 19.3 Å². The molecule has 0 saturated heterocycles. The number of aliphatic carboxylic acids is 1. The largest absolute Gasteiger partial charge is 0.481 e. The molecule has 0 aromatic rings. The predicted octanol–water partition coefficient (Wildman–Crippen LogP) is 6.76. The zero-order valence-electron chi connectivity index (χ0n) is 18.8. The molecule has 0 aliphatic carbocycles. The number of allylic oxidation sites excluding steroid dienone is 4. The number of carboxylic acids is 1. The molecule has 29 heavy (non-hydrogen) atoms. The van der Waals surface area contributed by atoms with Crippen LogP contribution >= 0.6 is 0 Å². The van der Waals surface area contributed by atoms with E-state index in [1.165, 1.54) is 51.9 Å². The van der Waals surface area contributed by atoms with Crippen molar-refractivity contribution in [3.8, 4) is 0 Å². The maximum atomic E-state index is 10.4. The van der Waals surface area contributed by atoms with Gasteiger partial charge in [0, 0.05) is 19.8 Å². The van der Waals surface area contributed by atoms with Crippen LogP contribution in [0.4, 0.5) is 0 Å². The van der Waals surface area contributed by atoms with Gasteiger partial charge in [-0.25, -0.2) is 0 Å². The van der Waals surface area contributed by atoms with Crippen molar-refractivity contribution >= 4 is 17.9 Å². The number of esters is 2. The highest BCUT2D eigenvalue weighted by Crippen LogP contribution is 2.08. The first-order chi connectivity index (χ1) is 13.9. The fraction of sp³-hybridized carbons (Fsp3) is 0.708. The summed E-state index contributed by atoms with van der Waals surface area (Å²) >= 11 is 0. The van der Waals surface area contributed by atoms with Crippen LogP contribution in [0.15, 0.2) is 24.3 Å². The fourth-order valence-electron chi connectivity index (χ4n) is 2.50. The average molecular weight is 411 g/mol. The van der Waals surface area contributed by atoms with Crippen molar-refractivity contribution in [2.45, 2.75) is 111 Å². The first kappa shape index (κ1) is 29.3.